The van der Waals surface area contributed by atoms with Gasteiger partial charge in [0.2, 0.25) is 0 Å². The second kappa shape index (κ2) is 6.33. The van der Waals surface area contributed by atoms with Crippen molar-refractivity contribution in [3.8, 4) is 0 Å². The summed E-state index contributed by atoms with van der Waals surface area (Å²) >= 11 is 3.23. The lowest BCUT2D eigenvalue weighted by Crippen LogP contribution is -2.08. The van der Waals surface area contributed by atoms with Crippen LogP contribution in [0.15, 0.2) is 41.1 Å². The highest BCUT2D eigenvalue weighted by atomic mass is 79.9. The lowest BCUT2D eigenvalue weighted by molar-refractivity contribution is -0.384. The maximum absolute atomic E-state index is 10.9. The summed E-state index contributed by atoms with van der Waals surface area (Å²) in [6, 6.07) is 6.85. The third-order valence-corrected chi connectivity index (χ3v) is 3.09. The molecule has 7 heteroatoms. The number of nitrogens with zero attached hydrogens (tertiary/aromatic N) is 3. The number of aryl methyl sites for hydroxylation is 1. The van der Waals surface area contributed by atoms with Gasteiger partial charge in [0.1, 0.15) is 5.69 Å². The largest absolute Gasteiger partial charge is 0.379 e. The Morgan fingerprint density at radius 1 is 1.47 bits per heavy atom. The third-order valence-electron chi connectivity index (χ3n) is 2.60. The summed E-state index contributed by atoms with van der Waals surface area (Å²) in [5.41, 5.74) is 0.613. The molecule has 0 aliphatic heterocycles. The summed E-state index contributed by atoms with van der Waals surface area (Å²) in [4.78, 5) is 10.5. The molecule has 1 N–H and O–H groups in total. The molecule has 0 aliphatic rings. The van der Waals surface area contributed by atoms with E-state index >= 15 is 0 Å². The zero-order valence-electron chi connectivity index (χ0n) is 10.1. The number of hydrogen-bond acceptors (Lipinski definition) is 4. The Hall–Kier alpha value is -1.89. The minimum Gasteiger partial charge on any atom is -0.379 e. The monoisotopic (exact) mass is 324 g/mol. The molecule has 1 heterocycles. The number of aromatic nitrogens is 2. The van der Waals surface area contributed by atoms with E-state index in [2.05, 4.69) is 26.3 Å². The number of nitrogens with one attached hydrogen (secondary N) is 1. The molecule has 6 nitrogen and oxygen atoms in total. The number of halogens is 1. The maximum Gasteiger partial charge on any atom is 0.293 e. The summed E-state index contributed by atoms with van der Waals surface area (Å²) < 4.78 is 2.53. The van der Waals surface area contributed by atoms with Crippen molar-refractivity contribution in [1.82, 2.24) is 9.78 Å². The molecule has 0 radical (unpaired) electrons. The molecule has 1 aromatic carbocycles. The van der Waals surface area contributed by atoms with Crippen LogP contribution in [0.5, 0.6) is 0 Å². The van der Waals surface area contributed by atoms with Gasteiger partial charge in [-0.15, -0.1) is 0 Å². The van der Waals surface area contributed by atoms with E-state index in [0.29, 0.717) is 16.7 Å². The molecule has 0 fully saturated rings. The molecule has 0 atom stereocenters. The van der Waals surface area contributed by atoms with Crippen LogP contribution in [-0.2, 0) is 6.54 Å². The predicted molar refractivity (Wildman–Crippen MR) is 76.1 cm³/mol. The normalized spacial score (nSPS) is 10.4. The van der Waals surface area contributed by atoms with Crippen LogP contribution in [-0.4, -0.2) is 21.2 Å². The number of hydrogen-bond donors (Lipinski definition) is 1. The van der Waals surface area contributed by atoms with Gasteiger partial charge in [-0.05, 0) is 24.6 Å². The van der Waals surface area contributed by atoms with Crippen LogP contribution in [0.3, 0.4) is 0 Å². The Balaban J connectivity index is 1.90. The van der Waals surface area contributed by atoms with Crippen molar-refractivity contribution in [3.05, 3.63) is 51.2 Å². The fourth-order valence-electron chi connectivity index (χ4n) is 1.70. The second-order valence-corrected chi connectivity index (χ2v) is 4.88. The quantitative estimate of drug-likeness (QED) is 0.503. The average Bonchev–Trinajstić information content (AvgIpc) is 2.89. The first-order chi connectivity index (χ1) is 9.16. The van der Waals surface area contributed by atoms with Crippen LogP contribution >= 0.6 is 15.9 Å². The molecule has 0 bridgehead atoms. The summed E-state index contributed by atoms with van der Waals surface area (Å²) in [5.74, 6) is 0. The number of nitro benzene ring substituents is 1. The fourth-order valence-corrected chi connectivity index (χ4v) is 2.05. The second-order valence-electron chi connectivity index (χ2n) is 3.97. The topological polar surface area (TPSA) is 73.0 Å². The first-order valence-corrected chi connectivity index (χ1v) is 6.61. The standard InChI is InChI=1S/C12H13BrN4O2/c13-10-3-4-11(12(9-10)17(18)19)14-5-1-7-16-8-2-6-15-16/h2-4,6,8-9,14H,1,5,7H2. The van der Waals surface area contributed by atoms with E-state index in [9.17, 15) is 10.1 Å². The maximum atomic E-state index is 10.9. The summed E-state index contributed by atoms with van der Waals surface area (Å²) in [5, 5.41) is 18.1. The number of rotatable bonds is 6. The van der Waals surface area contributed by atoms with Crippen LogP contribution in [0.25, 0.3) is 0 Å². The molecule has 0 amide bonds. The van der Waals surface area contributed by atoms with Gasteiger partial charge >= 0.3 is 0 Å². The molecule has 0 spiro atoms. The van der Waals surface area contributed by atoms with E-state index in [-0.39, 0.29) is 10.6 Å². The van der Waals surface area contributed by atoms with Crippen molar-refractivity contribution in [1.29, 1.82) is 0 Å². The van der Waals surface area contributed by atoms with Gasteiger partial charge in [-0.2, -0.15) is 5.10 Å². The van der Waals surface area contributed by atoms with Crippen molar-refractivity contribution >= 4 is 27.3 Å². The predicted octanol–water partition coefficient (Wildman–Crippen LogP) is 3.06. The van der Waals surface area contributed by atoms with Gasteiger partial charge in [0, 0.05) is 36.0 Å². The highest BCUT2D eigenvalue weighted by molar-refractivity contribution is 9.10. The van der Waals surface area contributed by atoms with Crippen molar-refractivity contribution in [3.63, 3.8) is 0 Å². The number of anilines is 1. The molecule has 2 aromatic rings. The van der Waals surface area contributed by atoms with Crippen LogP contribution in [0.1, 0.15) is 6.42 Å². The highest BCUT2D eigenvalue weighted by Crippen LogP contribution is 2.27. The summed E-state index contributed by atoms with van der Waals surface area (Å²) in [6.45, 7) is 1.44. The van der Waals surface area contributed by atoms with Gasteiger partial charge in [0.15, 0.2) is 0 Å². The van der Waals surface area contributed by atoms with E-state index in [1.165, 1.54) is 6.07 Å². The SMILES string of the molecule is O=[N+]([O-])c1cc(Br)ccc1NCCCn1cccn1. The molecule has 0 saturated heterocycles. The lowest BCUT2D eigenvalue weighted by atomic mass is 10.2. The molecule has 0 unspecified atom stereocenters. The molecule has 0 saturated carbocycles. The first-order valence-electron chi connectivity index (χ1n) is 5.82. The Bertz CT molecular complexity index is 557. The van der Waals surface area contributed by atoms with Crippen LogP contribution < -0.4 is 5.32 Å². The van der Waals surface area contributed by atoms with E-state index < -0.39 is 0 Å². The number of benzene rings is 1. The zero-order chi connectivity index (χ0) is 13.7. The van der Waals surface area contributed by atoms with Crippen molar-refractivity contribution in [2.24, 2.45) is 0 Å². The summed E-state index contributed by atoms with van der Waals surface area (Å²) in [7, 11) is 0. The fraction of sp³-hybridized carbons (Fsp3) is 0.250. The van der Waals surface area contributed by atoms with Gasteiger partial charge < -0.3 is 5.32 Å². The van der Waals surface area contributed by atoms with Gasteiger partial charge in [0.05, 0.1) is 4.92 Å². The van der Waals surface area contributed by atoms with E-state index in [0.717, 1.165) is 13.0 Å². The van der Waals surface area contributed by atoms with Gasteiger partial charge in [0.25, 0.3) is 5.69 Å². The van der Waals surface area contributed by atoms with E-state index in [1.54, 1.807) is 18.3 Å². The van der Waals surface area contributed by atoms with E-state index in [4.69, 9.17) is 0 Å². The smallest absolute Gasteiger partial charge is 0.293 e. The first kappa shape index (κ1) is 13.5. The molecule has 2 rings (SSSR count). The Kier molecular flexibility index (Phi) is 4.51. The molecular formula is C12H13BrN4O2. The molecular weight excluding hydrogens is 312 g/mol. The summed E-state index contributed by atoms with van der Waals surface area (Å²) in [6.07, 6.45) is 4.46. The van der Waals surface area contributed by atoms with Crippen molar-refractivity contribution < 1.29 is 4.92 Å². The van der Waals surface area contributed by atoms with E-state index in [1.807, 2.05) is 16.9 Å². The molecule has 1 aromatic heterocycles. The Labute approximate surface area is 118 Å². The number of nitro groups is 1. The Morgan fingerprint density at radius 2 is 2.32 bits per heavy atom. The van der Waals surface area contributed by atoms with Gasteiger partial charge in [-0.1, -0.05) is 15.9 Å². The van der Waals surface area contributed by atoms with Gasteiger partial charge in [-0.25, -0.2) is 0 Å². The molecule has 0 aliphatic carbocycles. The minimum absolute atomic E-state index is 0.0773. The molecule has 19 heavy (non-hydrogen) atoms. The van der Waals surface area contributed by atoms with Crippen LogP contribution in [0, 0.1) is 10.1 Å². The lowest BCUT2D eigenvalue weighted by Gasteiger charge is -2.07. The minimum atomic E-state index is -0.388. The van der Waals surface area contributed by atoms with Gasteiger partial charge in [-0.3, -0.25) is 14.8 Å². The van der Waals surface area contributed by atoms with Crippen molar-refractivity contribution in [2.75, 3.05) is 11.9 Å². The van der Waals surface area contributed by atoms with Crippen LogP contribution in [0.2, 0.25) is 0 Å². The highest BCUT2D eigenvalue weighted by Gasteiger charge is 2.13. The molecule has 100 valence electrons. The average molecular weight is 325 g/mol. The third kappa shape index (κ3) is 3.78. The zero-order valence-corrected chi connectivity index (χ0v) is 11.7. The van der Waals surface area contributed by atoms with Crippen molar-refractivity contribution in [2.45, 2.75) is 13.0 Å². The Morgan fingerprint density at radius 3 is 3.00 bits per heavy atom. The van der Waals surface area contributed by atoms with Crippen LogP contribution in [0.4, 0.5) is 11.4 Å².